The van der Waals surface area contributed by atoms with Crippen LogP contribution in [0, 0.1) is 5.92 Å². The summed E-state index contributed by atoms with van der Waals surface area (Å²) in [5.74, 6) is -3.28. The standard InChI is InChI=1S/C13H17F2N3O3/c14-13(15)3-1-8(7-19)5-18-11(13)9-6-17(12(20)21)4-2-10(9)16-18/h8,19H,1-7H2,(H,20,21)/t8-/m0/s1. The van der Waals surface area contributed by atoms with Crippen LogP contribution in [0.15, 0.2) is 0 Å². The van der Waals surface area contributed by atoms with Gasteiger partial charge in [0, 0.05) is 44.0 Å². The Balaban J connectivity index is 2.04. The summed E-state index contributed by atoms with van der Waals surface area (Å²) in [7, 11) is 0. The summed E-state index contributed by atoms with van der Waals surface area (Å²) in [6.07, 6.45) is -0.874. The minimum atomic E-state index is -3.04. The van der Waals surface area contributed by atoms with Gasteiger partial charge in [-0.2, -0.15) is 13.9 Å². The molecule has 0 aliphatic carbocycles. The molecule has 0 aromatic carbocycles. The van der Waals surface area contributed by atoms with Crippen LogP contribution >= 0.6 is 0 Å². The monoisotopic (exact) mass is 301 g/mol. The van der Waals surface area contributed by atoms with Gasteiger partial charge in [0.2, 0.25) is 0 Å². The Morgan fingerprint density at radius 1 is 1.48 bits per heavy atom. The molecule has 0 spiro atoms. The van der Waals surface area contributed by atoms with Crippen molar-refractivity contribution in [2.75, 3.05) is 13.2 Å². The summed E-state index contributed by atoms with van der Waals surface area (Å²) < 4.78 is 30.1. The number of aromatic nitrogens is 2. The van der Waals surface area contributed by atoms with Crippen LogP contribution in [0.4, 0.5) is 13.6 Å². The second-order valence-corrected chi connectivity index (χ2v) is 5.70. The number of hydrogen-bond acceptors (Lipinski definition) is 3. The molecule has 1 aromatic rings. The number of aliphatic hydroxyl groups excluding tert-OH is 1. The average Bonchev–Trinajstić information content (AvgIpc) is 2.74. The second-order valence-electron chi connectivity index (χ2n) is 5.70. The number of alkyl halides is 2. The molecule has 0 fully saturated rings. The molecular formula is C13H17F2N3O3. The Bertz CT molecular complexity index is 573. The molecule has 2 N–H and O–H groups in total. The molecule has 3 rings (SSSR count). The van der Waals surface area contributed by atoms with Gasteiger partial charge in [-0.25, -0.2) is 4.79 Å². The van der Waals surface area contributed by atoms with E-state index >= 15 is 0 Å². The van der Waals surface area contributed by atoms with E-state index in [9.17, 15) is 18.7 Å². The third kappa shape index (κ3) is 2.37. The van der Waals surface area contributed by atoms with E-state index in [0.717, 1.165) is 4.90 Å². The van der Waals surface area contributed by atoms with Crippen molar-refractivity contribution in [2.45, 2.75) is 38.3 Å². The highest BCUT2D eigenvalue weighted by atomic mass is 19.3. The largest absolute Gasteiger partial charge is 0.465 e. The van der Waals surface area contributed by atoms with Gasteiger partial charge in [-0.3, -0.25) is 4.68 Å². The van der Waals surface area contributed by atoms with Gasteiger partial charge in [0.05, 0.1) is 12.2 Å². The predicted molar refractivity (Wildman–Crippen MR) is 68.1 cm³/mol. The molecule has 8 heteroatoms. The Kier molecular flexibility index (Phi) is 3.35. The SMILES string of the molecule is O=C(O)N1CCc2nn3c(c2C1)C(F)(F)CC[C@H](CO)C3. The first kappa shape index (κ1) is 14.2. The fraction of sp³-hybridized carbons (Fsp3) is 0.692. The van der Waals surface area contributed by atoms with Crippen molar-refractivity contribution in [3.05, 3.63) is 17.0 Å². The maximum absolute atomic E-state index is 14.4. The van der Waals surface area contributed by atoms with Crippen molar-refractivity contribution in [3.8, 4) is 0 Å². The lowest BCUT2D eigenvalue weighted by atomic mass is 9.98. The fourth-order valence-electron chi connectivity index (χ4n) is 3.12. The van der Waals surface area contributed by atoms with Gasteiger partial charge >= 0.3 is 6.09 Å². The number of halogens is 2. The van der Waals surface area contributed by atoms with E-state index in [1.54, 1.807) is 0 Å². The number of fused-ring (bicyclic) bond motifs is 3. The highest BCUT2D eigenvalue weighted by Crippen LogP contribution is 2.41. The van der Waals surface area contributed by atoms with Gasteiger partial charge in [-0.1, -0.05) is 0 Å². The van der Waals surface area contributed by atoms with Crippen molar-refractivity contribution in [3.63, 3.8) is 0 Å². The third-order valence-corrected chi connectivity index (χ3v) is 4.27. The third-order valence-electron chi connectivity index (χ3n) is 4.27. The van der Waals surface area contributed by atoms with Crippen LogP contribution in [-0.4, -0.2) is 44.1 Å². The smallest absolute Gasteiger partial charge is 0.407 e. The maximum atomic E-state index is 14.4. The molecule has 2 aliphatic heterocycles. The van der Waals surface area contributed by atoms with Crippen LogP contribution < -0.4 is 0 Å². The number of carbonyl (C=O) groups is 1. The van der Waals surface area contributed by atoms with Crippen molar-refractivity contribution in [2.24, 2.45) is 5.92 Å². The molecule has 0 saturated carbocycles. The van der Waals surface area contributed by atoms with Crippen LogP contribution in [0.5, 0.6) is 0 Å². The van der Waals surface area contributed by atoms with E-state index in [0.29, 0.717) is 17.7 Å². The zero-order valence-electron chi connectivity index (χ0n) is 11.4. The van der Waals surface area contributed by atoms with Crippen LogP contribution in [0.3, 0.4) is 0 Å². The number of rotatable bonds is 1. The molecule has 0 radical (unpaired) electrons. The first-order valence-electron chi connectivity index (χ1n) is 6.98. The first-order chi connectivity index (χ1) is 9.92. The summed E-state index contributed by atoms with van der Waals surface area (Å²) in [6.45, 7) is 0.329. The normalized spacial score (nSPS) is 24.1. The zero-order valence-corrected chi connectivity index (χ0v) is 11.4. The van der Waals surface area contributed by atoms with Gasteiger partial charge in [-0.05, 0) is 6.42 Å². The van der Waals surface area contributed by atoms with Crippen LogP contribution in [0.25, 0.3) is 0 Å². The molecule has 1 atom stereocenters. The molecule has 1 aromatic heterocycles. The van der Waals surface area contributed by atoms with Gasteiger partial charge in [0.1, 0.15) is 5.69 Å². The molecule has 1 amide bonds. The van der Waals surface area contributed by atoms with Crippen molar-refractivity contribution >= 4 is 6.09 Å². The van der Waals surface area contributed by atoms with E-state index in [-0.39, 0.29) is 50.7 Å². The molecule has 2 aliphatic rings. The molecule has 0 bridgehead atoms. The number of hydrogen-bond donors (Lipinski definition) is 2. The van der Waals surface area contributed by atoms with Gasteiger partial charge in [0.15, 0.2) is 0 Å². The minimum Gasteiger partial charge on any atom is -0.465 e. The maximum Gasteiger partial charge on any atom is 0.407 e. The number of nitrogens with zero attached hydrogens (tertiary/aromatic N) is 3. The summed E-state index contributed by atoms with van der Waals surface area (Å²) >= 11 is 0. The lowest BCUT2D eigenvalue weighted by molar-refractivity contribution is -0.0227. The van der Waals surface area contributed by atoms with Crippen LogP contribution in [0.2, 0.25) is 0 Å². The zero-order chi connectivity index (χ0) is 15.2. The van der Waals surface area contributed by atoms with Crippen molar-refractivity contribution in [1.82, 2.24) is 14.7 Å². The molecule has 0 saturated heterocycles. The summed E-state index contributed by atoms with van der Waals surface area (Å²) in [6, 6.07) is 0. The highest BCUT2D eigenvalue weighted by Gasteiger charge is 2.43. The molecule has 3 heterocycles. The van der Waals surface area contributed by atoms with Crippen molar-refractivity contribution in [1.29, 1.82) is 0 Å². The van der Waals surface area contributed by atoms with E-state index < -0.39 is 12.0 Å². The van der Waals surface area contributed by atoms with Gasteiger partial charge < -0.3 is 15.1 Å². The van der Waals surface area contributed by atoms with E-state index in [4.69, 9.17) is 5.11 Å². The topological polar surface area (TPSA) is 78.6 Å². The van der Waals surface area contributed by atoms with Gasteiger partial charge in [-0.15, -0.1) is 0 Å². The van der Waals surface area contributed by atoms with Crippen LogP contribution in [-0.2, 0) is 25.4 Å². The lowest BCUT2D eigenvalue weighted by Gasteiger charge is -2.25. The van der Waals surface area contributed by atoms with E-state index in [1.807, 2.05) is 0 Å². The molecule has 116 valence electrons. The predicted octanol–water partition coefficient (Wildman–Crippen LogP) is 1.41. The van der Waals surface area contributed by atoms with Gasteiger partial charge in [0.25, 0.3) is 5.92 Å². The Hall–Kier alpha value is -1.70. The molecule has 21 heavy (non-hydrogen) atoms. The summed E-state index contributed by atoms with van der Waals surface area (Å²) in [4.78, 5) is 12.2. The summed E-state index contributed by atoms with van der Waals surface area (Å²) in [5.41, 5.74) is 0.729. The Labute approximate surface area is 120 Å². The lowest BCUT2D eigenvalue weighted by Crippen LogP contribution is -2.35. The number of aliphatic hydroxyl groups is 1. The Morgan fingerprint density at radius 3 is 2.90 bits per heavy atom. The number of carboxylic acid groups (broad SMARTS) is 1. The summed E-state index contributed by atoms with van der Waals surface area (Å²) in [5, 5.41) is 22.6. The van der Waals surface area contributed by atoms with Crippen LogP contribution in [0.1, 0.15) is 29.8 Å². The quantitative estimate of drug-likeness (QED) is 0.822. The molecular weight excluding hydrogens is 284 g/mol. The fourth-order valence-corrected chi connectivity index (χ4v) is 3.12. The first-order valence-corrected chi connectivity index (χ1v) is 6.98. The van der Waals surface area contributed by atoms with Crippen molar-refractivity contribution < 1.29 is 23.8 Å². The Morgan fingerprint density at radius 2 is 2.24 bits per heavy atom. The molecule has 0 unspecified atom stereocenters. The minimum absolute atomic E-state index is 0.0423. The average molecular weight is 301 g/mol. The van der Waals surface area contributed by atoms with E-state index in [2.05, 4.69) is 5.10 Å². The van der Waals surface area contributed by atoms with E-state index in [1.165, 1.54) is 4.68 Å². The molecule has 6 nitrogen and oxygen atoms in total. The highest BCUT2D eigenvalue weighted by molar-refractivity contribution is 5.65. The number of amides is 1. The second kappa shape index (κ2) is 4.94.